The Hall–Kier alpha value is -6.55. The number of nitrogens with zero attached hydrogens (tertiary/aromatic N) is 4. The average molecular weight is 1060 g/mol. The van der Waals surface area contributed by atoms with Gasteiger partial charge in [0.05, 0.1) is 5.48 Å². The summed E-state index contributed by atoms with van der Waals surface area (Å²) in [4.78, 5) is 4.79. The van der Waals surface area contributed by atoms with E-state index >= 15 is 0 Å². The monoisotopic (exact) mass is 1060 g/mol. The summed E-state index contributed by atoms with van der Waals surface area (Å²) in [6.45, 7) is 15.6. The number of hydrogen-bond acceptors (Lipinski definition) is 2. The van der Waals surface area contributed by atoms with Gasteiger partial charge in [0.25, 0.3) is 0 Å². The molecule has 1 aliphatic rings. The van der Waals surface area contributed by atoms with Crippen molar-refractivity contribution >= 4 is 32.8 Å². The van der Waals surface area contributed by atoms with Crippen molar-refractivity contribution in [3.05, 3.63) is 202 Å². The van der Waals surface area contributed by atoms with E-state index in [0.29, 0.717) is 45.0 Å². The van der Waals surface area contributed by atoms with Gasteiger partial charge in [0.15, 0.2) is 0 Å². The van der Waals surface area contributed by atoms with Gasteiger partial charge in [-0.05, 0) is 29.2 Å². The molecule has 0 spiro atoms. The molecule has 3 heterocycles. The van der Waals surface area contributed by atoms with Gasteiger partial charge in [0.1, 0.15) is 0 Å². The van der Waals surface area contributed by atoms with Crippen LogP contribution in [0.25, 0.3) is 66.6 Å². The SMILES string of the molecule is [2H]c1c([2H])c([2H])c2c(c1[2H])c1ccc(Oc3ccc4c(c3)C(n3[c](=[Pt])n(-c5c(-c6ccccc6)cc(C(C)(C)C)cc5-c5ccccc5)c5ccccc53)CCC4C)cc1n2-c1cc(C(C)(C)C)ccn1. The van der Waals surface area contributed by atoms with Crippen LogP contribution in [0.3, 0.4) is 0 Å². The standard InChI is InChI=1S/C61H56N4O.Pt/c1-40-26-31-53(52-37-45(27-29-47(40)52)66-46-28-30-49-48-22-14-15-23-54(48)65(57(49)38-46)58-36-43(32-33-62-58)60(2,3)4)63-39-64(56-25-17-16-24-55(56)63)59-50(41-18-10-8-11-19-41)34-44(61(5,6)7)35-51(59)42-20-12-9-13-21-42;/h8-25,27-30,32-38,40,53H,26,31H2,1-7H3;/i14D,15D,22D,23D;. The van der Waals surface area contributed by atoms with E-state index in [1.807, 2.05) is 34.9 Å². The van der Waals surface area contributed by atoms with Gasteiger partial charge in [0, 0.05) is 6.20 Å². The molecule has 0 bridgehead atoms. The zero-order chi connectivity index (χ0) is 49.7. The van der Waals surface area contributed by atoms with Crippen LogP contribution < -0.4 is 4.74 Å². The Morgan fingerprint density at radius 2 is 1.21 bits per heavy atom. The molecule has 2 atom stereocenters. The molecule has 0 aliphatic heterocycles. The second kappa shape index (κ2) is 16.6. The maximum absolute atomic E-state index is 9.12. The van der Waals surface area contributed by atoms with E-state index in [1.165, 1.54) is 38.9 Å². The molecule has 67 heavy (non-hydrogen) atoms. The van der Waals surface area contributed by atoms with Gasteiger partial charge in [0.2, 0.25) is 0 Å². The Kier molecular flexibility index (Phi) is 9.58. The maximum atomic E-state index is 9.12. The topological polar surface area (TPSA) is 36.9 Å². The molecule has 1 aliphatic carbocycles. The van der Waals surface area contributed by atoms with Crippen molar-refractivity contribution in [3.8, 4) is 45.3 Å². The van der Waals surface area contributed by atoms with Crippen LogP contribution in [-0.4, -0.2) is 18.7 Å². The van der Waals surface area contributed by atoms with Crippen LogP contribution >= 0.6 is 0 Å². The van der Waals surface area contributed by atoms with Crippen molar-refractivity contribution in [1.29, 1.82) is 0 Å². The summed E-state index contributed by atoms with van der Waals surface area (Å²) in [5.74, 6) is 2.22. The molecule has 3 aromatic heterocycles. The van der Waals surface area contributed by atoms with Gasteiger partial charge in [-0.25, -0.2) is 4.98 Å². The summed E-state index contributed by atoms with van der Waals surface area (Å²) < 4.78 is 50.3. The normalized spacial score (nSPS) is 16.2. The molecule has 10 aromatic rings. The molecule has 0 saturated heterocycles. The summed E-state index contributed by atoms with van der Waals surface area (Å²) in [7, 11) is 0. The van der Waals surface area contributed by atoms with E-state index in [1.54, 1.807) is 6.20 Å². The number of pyridine rings is 1. The van der Waals surface area contributed by atoms with Crippen LogP contribution in [0.5, 0.6) is 11.5 Å². The van der Waals surface area contributed by atoms with Crippen molar-refractivity contribution in [2.45, 2.75) is 84.1 Å². The second-order valence-corrected chi connectivity index (χ2v) is 21.1. The molecule has 11 rings (SSSR count). The third kappa shape index (κ3) is 7.62. The van der Waals surface area contributed by atoms with Crippen LogP contribution in [0.4, 0.5) is 0 Å². The zero-order valence-corrected chi connectivity index (χ0v) is 41.3. The molecule has 7 aromatic carbocycles. The minimum Gasteiger partial charge on any atom is -0.239 e. The van der Waals surface area contributed by atoms with Crippen LogP contribution in [0.15, 0.2) is 176 Å². The van der Waals surface area contributed by atoms with E-state index in [0.717, 1.165) is 38.9 Å². The van der Waals surface area contributed by atoms with E-state index in [4.69, 9.17) is 15.2 Å². The third-order valence-electron chi connectivity index (χ3n) is 13.7. The fraction of sp³-hybridized carbons (Fsp3) is 0.213. The molecular formula is C61H56N4OPt. The number of rotatable bonds is 7. The van der Waals surface area contributed by atoms with Gasteiger partial charge < -0.3 is 0 Å². The Bertz CT molecular complexity index is 3740. The first-order valence-electron chi connectivity index (χ1n) is 25.3. The minimum absolute atomic E-state index is 0.00728. The summed E-state index contributed by atoms with van der Waals surface area (Å²) in [6.07, 6.45) is 3.75. The first kappa shape index (κ1) is 38.5. The number of benzene rings is 7. The molecule has 0 fully saturated rings. The number of para-hydroxylation sites is 3. The van der Waals surface area contributed by atoms with Gasteiger partial charge in [-0.15, -0.1) is 0 Å². The summed E-state index contributed by atoms with van der Waals surface area (Å²) in [5, 5.41) is 1.15. The quantitative estimate of drug-likeness (QED) is 0.159. The fourth-order valence-electron chi connectivity index (χ4n) is 10.1. The summed E-state index contributed by atoms with van der Waals surface area (Å²) >= 11 is 2.58. The Morgan fingerprint density at radius 3 is 1.90 bits per heavy atom. The third-order valence-corrected chi connectivity index (χ3v) is 14.7. The molecule has 0 amide bonds. The van der Waals surface area contributed by atoms with Crippen molar-refractivity contribution in [3.63, 3.8) is 0 Å². The van der Waals surface area contributed by atoms with Gasteiger partial charge >= 0.3 is 328 Å². The van der Waals surface area contributed by atoms with Gasteiger partial charge in [-0.1, -0.05) is 38.9 Å². The van der Waals surface area contributed by atoms with Crippen LogP contribution in [-0.2, 0) is 30.2 Å². The first-order chi connectivity index (χ1) is 34.0. The zero-order valence-electron chi connectivity index (χ0n) is 43.0. The van der Waals surface area contributed by atoms with E-state index < -0.39 is 0 Å². The number of fused-ring (bicyclic) bond motifs is 5. The van der Waals surface area contributed by atoms with E-state index in [9.17, 15) is 0 Å². The molecule has 5 nitrogen and oxygen atoms in total. The second-order valence-electron chi connectivity index (χ2n) is 20.1. The molecule has 0 N–H and O–H groups in total. The number of imidazole rings is 1. The number of ether oxygens (including phenoxy) is 1. The van der Waals surface area contributed by atoms with Crippen LogP contribution in [0.2, 0.25) is 0 Å². The Balaban J connectivity index is 1.08. The summed E-state index contributed by atoms with van der Waals surface area (Å²) in [6, 6.07) is 50.8. The van der Waals surface area contributed by atoms with Gasteiger partial charge in [-0.2, -0.15) is 0 Å². The van der Waals surface area contributed by atoms with E-state index in [2.05, 4.69) is 192 Å². The predicted octanol–water partition coefficient (Wildman–Crippen LogP) is 16.2. The van der Waals surface area contributed by atoms with Crippen molar-refractivity contribution < 1.29 is 29.6 Å². The van der Waals surface area contributed by atoms with Crippen molar-refractivity contribution in [2.24, 2.45) is 0 Å². The van der Waals surface area contributed by atoms with Gasteiger partial charge in [-0.3, -0.25) is 0 Å². The number of aromatic nitrogens is 4. The Morgan fingerprint density at radius 1 is 0.582 bits per heavy atom. The fourth-order valence-corrected chi connectivity index (χ4v) is 11.3. The number of hydrogen-bond donors (Lipinski definition) is 0. The summed E-state index contributed by atoms with van der Waals surface area (Å²) in [5.41, 5.74) is 13.8. The smallest absolute Gasteiger partial charge is 0.239 e. The molecule has 336 valence electrons. The van der Waals surface area contributed by atoms with Crippen LogP contribution in [0, 0.1) is 3.80 Å². The molecule has 0 saturated carbocycles. The van der Waals surface area contributed by atoms with Crippen molar-refractivity contribution in [1.82, 2.24) is 18.7 Å². The molecule has 2 unspecified atom stereocenters. The molecular weight excluding hydrogens is 1000 g/mol. The van der Waals surface area contributed by atoms with Crippen molar-refractivity contribution in [2.75, 3.05) is 0 Å². The predicted molar refractivity (Wildman–Crippen MR) is 274 cm³/mol. The van der Waals surface area contributed by atoms with Crippen LogP contribution in [0.1, 0.15) is 101 Å². The van der Waals surface area contributed by atoms with E-state index in [-0.39, 0.29) is 41.0 Å². The molecule has 0 radical (unpaired) electrons. The molecule has 6 heteroatoms. The Labute approximate surface area is 410 Å². The minimum atomic E-state index is -0.282. The first-order valence-corrected chi connectivity index (χ1v) is 24.4. The average Bonchev–Trinajstić information content (AvgIpc) is 3.86.